The van der Waals surface area contributed by atoms with Crippen molar-refractivity contribution in [1.82, 2.24) is 9.88 Å². The standard InChI is InChI=1S/C12H16N2O3S/c1-8-13-10(7-18-8)5-11(15)14-4-2-3-9(6-14)12(16)17/h7,9H,2-6H2,1H3,(H,16,17). The molecule has 98 valence electrons. The highest BCUT2D eigenvalue weighted by atomic mass is 32.1. The number of carbonyl (C=O) groups is 2. The van der Waals surface area contributed by atoms with E-state index < -0.39 is 11.9 Å². The minimum absolute atomic E-state index is 0.0220. The molecule has 18 heavy (non-hydrogen) atoms. The third-order valence-electron chi connectivity index (χ3n) is 3.12. The minimum atomic E-state index is -0.808. The van der Waals surface area contributed by atoms with Crippen LogP contribution in [-0.4, -0.2) is 40.0 Å². The first-order valence-electron chi connectivity index (χ1n) is 5.98. The van der Waals surface area contributed by atoms with Crippen molar-refractivity contribution in [2.24, 2.45) is 5.92 Å². The van der Waals surface area contributed by atoms with E-state index in [1.807, 2.05) is 12.3 Å². The molecule has 1 aliphatic heterocycles. The van der Waals surface area contributed by atoms with E-state index >= 15 is 0 Å². The zero-order valence-corrected chi connectivity index (χ0v) is 11.1. The lowest BCUT2D eigenvalue weighted by Crippen LogP contribution is -2.43. The molecule has 1 fully saturated rings. The van der Waals surface area contributed by atoms with Crippen LogP contribution >= 0.6 is 11.3 Å². The third-order valence-corrected chi connectivity index (χ3v) is 3.94. The fourth-order valence-electron chi connectivity index (χ4n) is 2.16. The highest BCUT2D eigenvalue weighted by Crippen LogP contribution is 2.18. The molecular weight excluding hydrogens is 252 g/mol. The largest absolute Gasteiger partial charge is 0.481 e. The number of rotatable bonds is 3. The summed E-state index contributed by atoms with van der Waals surface area (Å²) in [6, 6.07) is 0. The number of carboxylic acid groups (broad SMARTS) is 1. The molecule has 1 saturated heterocycles. The normalized spacial score (nSPS) is 19.8. The van der Waals surface area contributed by atoms with Gasteiger partial charge in [0.2, 0.25) is 5.91 Å². The van der Waals surface area contributed by atoms with Crippen LogP contribution in [0.25, 0.3) is 0 Å². The summed E-state index contributed by atoms with van der Waals surface area (Å²) in [7, 11) is 0. The van der Waals surface area contributed by atoms with E-state index in [4.69, 9.17) is 5.11 Å². The molecular formula is C12H16N2O3S. The smallest absolute Gasteiger partial charge is 0.308 e. The van der Waals surface area contributed by atoms with Crippen LogP contribution in [0, 0.1) is 12.8 Å². The second kappa shape index (κ2) is 5.48. The second-order valence-electron chi connectivity index (χ2n) is 4.55. The molecule has 0 radical (unpaired) electrons. The van der Waals surface area contributed by atoms with Crippen molar-refractivity contribution in [3.63, 3.8) is 0 Å². The number of hydrogen-bond acceptors (Lipinski definition) is 4. The van der Waals surface area contributed by atoms with Crippen LogP contribution in [0.15, 0.2) is 5.38 Å². The van der Waals surface area contributed by atoms with Crippen LogP contribution < -0.4 is 0 Å². The molecule has 0 bridgehead atoms. The molecule has 1 amide bonds. The lowest BCUT2D eigenvalue weighted by molar-refractivity contribution is -0.145. The molecule has 1 unspecified atom stereocenters. The van der Waals surface area contributed by atoms with Gasteiger partial charge in [-0.15, -0.1) is 11.3 Å². The molecule has 2 rings (SSSR count). The lowest BCUT2D eigenvalue weighted by Gasteiger charge is -2.30. The second-order valence-corrected chi connectivity index (χ2v) is 5.61. The number of aromatic nitrogens is 1. The average Bonchev–Trinajstić information content (AvgIpc) is 2.75. The fourth-order valence-corrected chi connectivity index (χ4v) is 2.77. The molecule has 0 saturated carbocycles. The predicted molar refractivity (Wildman–Crippen MR) is 67.5 cm³/mol. The Morgan fingerprint density at radius 1 is 1.61 bits per heavy atom. The van der Waals surface area contributed by atoms with Gasteiger partial charge in [0.25, 0.3) is 0 Å². The molecule has 1 N–H and O–H groups in total. The highest BCUT2D eigenvalue weighted by molar-refractivity contribution is 7.09. The maximum atomic E-state index is 12.0. The van der Waals surface area contributed by atoms with Gasteiger partial charge < -0.3 is 10.0 Å². The number of hydrogen-bond donors (Lipinski definition) is 1. The first-order chi connectivity index (χ1) is 8.56. The van der Waals surface area contributed by atoms with Crippen molar-refractivity contribution in [3.05, 3.63) is 16.1 Å². The molecule has 1 atom stereocenters. The first kappa shape index (κ1) is 13.0. The summed E-state index contributed by atoms with van der Waals surface area (Å²) in [6.45, 7) is 2.89. The van der Waals surface area contributed by atoms with Crippen molar-refractivity contribution < 1.29 is 14.7 Å². The fraction of sp³-hybridized carbons (Fsp3) is 0.583. The summed E-state index contributed by atoms with van der Waals surface area (Å²) >= 11 is 1.52. The SMILES string of the molecule is Cc1nc(CC(=O)N2CCCC(C(=O)O)C2)cs1. The number of likely N-dealkylation sites (tertiary alicyclic amines) is 1. The lowest BCUT2D eigenvalue weighted by atomic mass is 9.98. The number of carbonyl (C=O) groups excluding carboxylic acids is 1. The number of amides is 1. The van der Waals surface area contributed by atoms with Crippen LogP contribution in [0.1, 0.15) is 23.5 Å². The average molecular weight is 268 g/mol. The van der Waals surface area contributed by atoms with Gasteiger partial charge in [-0.05, 0) is 19.8 Å². The van der Waals surface area contributed by atoms with Crippen LogP contribution in [0.2, 0.25) is 0 Å². The Morgan fingerprint density at radius 3 is 3.00 bits per heavy atom. The van der Waals surface area contributed by atoms with Gasteiger partial charge >= 0.3 is 5.97 Å². The quantitative estimate of drug-likeness (QED) is 0.897. The molecule has 6 heteroatoms. The number of thiazole rings is 1. The summed E-state index contributed by atoms with van der Waals surface area (Å²) < 4.78 is 0. The first-order valence-corrected chi connectivity index (χ1v) is 6.86. The van der Waals surface area contributed by atoms with Gasteiger partial charge in [-0.1, -0.05) is 0 Å². The predicted octanol–water partition coefficient (Wildman–Crippen LogP) is 1.32. The van der Waals surface area contributed by atoms with Gasteiger partial charge in [0.05, 0.1) is 23.0 Å². The van der Waals surface area contributed by atoms with E-state index in [1.165, 1.54) is 11.3 Å². The maximum absolute atomic E-state index is 12.0. The van der Waals surface area contributed by atoms with E-state index in [0.29, 0.717) is 19.5 Å². The molecule has 1 aromatic rings. The Balaban J connectivity index is 1.94. The Morgan fingerprint density at radius 2 is 2.39 bits per heavy atom. The summed E-state index contributed by atoms with van der Waals surface area (Å²) in [6.07, 6.45) is 1.70. The van der Waals surface area contributed by atoms with Gasteiger partial charge in [-0.25, -0.2) is 4.98 Å². The molecule has 0 aromatic carbocycles. The van der Waals surface area contributed by atoms with E-state index in [0.717, 1.165) is 17.1 Å². The number of aliphatic carboxylic acids is 1. The van der Waals surface area contributed by atoms with E-state index in [1.54, 1.807) is 4.90 Å². The third kappa shape index (κ3) is 3.07. The Kier molecular flexibility index (Phi) is 3.96. The number of aryl methyl sites for hydroxylation is 1. The van der Waals surface area contributed by atoms with Gasteiger partial charge in [-0.2, -0.15) is 0 Å². The van der Waals surface area contributed by atoms with Crippen molar-refractivity contribution in [1.29, 1.82) is 0 Å². The van der Waals surface area contributed by atoms with Gasteiger partial charge in [0.15, 0.2) is 0 Å². The van der Waals surface area contributed by atoms with Gasteiger partial charge in [0, 0.05) is 18.5 Å². The van der Waals surface area contributed by atoms with Crippen LogP contribution in [0.4, 0.5) is 0 Å². The molecule has 0 spiro atoms. The number of nitrogens with zero attached hydrogens (tertiary/aromatic N) is 2. The molecule has 5 nitrogen and oxygen atoms in total. The highest BCUT2D eigenvalue weighted by Gasteiger charge is 2.28. The Bertz CT molecular complexity index is 458. The topological polar surface area (TPSA) is 70.5 Å². The molecule has 0 aliphatic carbocycles. The van der Waals surface area contributed by atoms with Gasteiger partial charge in [0.1, 0.15) is 0 Å². The number of carboxylic acids is 1. The Hall–Kier alpha value is -1.43. The van der Waals surface area contributed by atoms with E-state index in [-0.39, 0.29) is 12.3 Å². The van der Waals surface area contributed by atoms with Gasteiger partial charge in [-0.3, -0.25) is 9.59 Å². The number of piperidine rings is 1. The van der Waals surface area contributed by atoms with Crippen molar-refractivity contribution in [3.8, 4) is 0 Å². The molecule has 2 heterocycles. The van der Waals surface area contributed by atoms with Crippen molar-refractivity contribution in [2.45, 2.75) is 26.2 Å². The summed E-state index contributed by atoms with van der Waals surface area (Å²) in [4.78, 5) is 28.9. The monoisotopic (exact) mass is 268 g/mol. The van der Waals surface area contributed by atoms with Crippen LogP contribution in [0.5, 0.6) is 0 Å². The summed E-state index contributed by atoms with van der Waals surface area (Å²) in [5.74, 6) is -1.25. The van der Waals surface area contributed by atoms with E-state index in [2.05, 4.69) is 4.98 Å². The zero-order valence-electron chi connectivity index (χ0n) is 10.3. The van der Waals surface area contributed by atoms with Crippen molar-refractivity contribution >= 4 is 23.2 Å². The Labute approximate surface area is 109 Å². The summed E-state index contributed by atoms with van der Waals surface area (Å²) in [5, 5.41) is 11.8. The van der Waals surface area contributed by atoms with Crippen LogP contribution in [0.3, 0.4) is 0 Å². The van der Waals surface area contributed by atoms with Crippen LogP contribution in [-0.2, 0) is 16.0 Å². The van der Waals surface area contributed by atoms with E-state index in [9.17, 15) is 9.59 Å². The zero-order chi connectivity index (χ0) is 13.1. The molecule has 1 aromatic heterocycles. The summed E-state index contributed by atoms with van der Waals surface area (Å²) in [5.41, 5.74) is 0.778. The van der Waals surface area contributed by atoms with Crippen molar-refractivity contribution in [2.75, 3.05) is 13.1 Å². The minimum Gasteiger partial charge on any atom is -0.481 e. The molecule has 1 aliphatic rings. The maximum Gasteiger partial charge on any atom is 0.308 e.